The lowest BCUT2D eigenvalue weighted by Gasteiger charge is -2.31. The van der Waals surface area contributed by atoms with Gasteiger partial charge in [0.1, 0.15) is 23.8 Å². The zero-order chi connectivity index (χ0) is 26.8. The topological polar surface area (TPSA) is 172 Å². The highest BCUT2D eigenvalue weighted by Crippen LogP contribution is 2.32. The highest BCUT2D eigenvalue weighted by Gasteiger charge is 2.44. The summed E-state index contributed by atoms with van der Waals surface area (Å²) in [6.07, 6.45) is -0.828. The molecule has 0 spiro atoms. The number of anilines is 2. The summed E-state index contributed by atoms with van der Waals surface area (Å²) in [5, 5.41) is 33.3. The molecule has 2 aliphatic heterocycles. The van der Waals surface area contributed by atoms with Gasteiger partial charge >= 0.3 is 6.03 Å². The van der Waals surface area contributed by atoms with Crippen molar-refractivity contribution in [2.45, 2.75) is 43.8 Å². The molecule has 38 heavy (non-hydrogen) atoms. The van der Waals surface area contributed by atoms with E-state index in [9.17, 15) is 20.1 Å². The van der Waals surface area contributed by atoms with E-state index in [1.807, 2.05) is 0 Å². The average molecular weight is 542 g/mol. The minimum atomic E-state index is -1.28. The zero-order valence-corrected chi connectivity index (χ0v) is 21.1. The van der Waals surface area contributed by atoms with Crippen LogP contribution in [0.5, 0.6) is 0 Å². The number of hydrogen-bond donors (Lipinski definition) is 5. The standard InChI is InChI=1S/C25H28ClN7O5/c26-15-4-2-5-16(11-15)29-25(37)32-9-7-14(8-10-32)3-1-6-18-30-22(27)19-23(31-18)33(13-28-19)24-21(36)20(35)17(12-34)38-24/h2,4-5,11,13-14,17,20-21,24,34-36H,3,7-10,12H2,(H,29,37)(H2,27,30,31)/t17-,20-,21-,24-/m1/s1. The van der Waals surface area contributed by atoms with Gasteiger partial charge in [-0.1, -0.05) is 23.6 Å². The van der Waals surface area contributed by atoms with Crippen LogP contribution in [-0.2, 0) is 4.74 Å². The highest BCUT2D eigenvalue weighted by molar-refractivity contribution is 6.30. The molecule has 0 saturated carbocycles. The molecule has 5 rings (SSSR count). The summed E-state index contributed by atoms with van der Waals surface area (Å²) in [7, 11) is 0. The van der Waals surface area contributed by atoms with Gasteiger partial charge in [-0.15, -0.1) is 0 Å². The quantitative estimate of drug-likeness (QED) is 0.306. The molecule has 13 heteroatoms. The molecule has 4 atom stereocenters. The lowest BCUT2D eigenvalue weighted by atomic mass is 9.94. The number of fused-ring (bicyclic) bond motifs is 1. The van der Waals surface area contributed by atoms with Gasteiger partial charge in [0.25, 0.3) is 0 Å². The van der Waals surface area contributed by atoms with Crippen LogP contribution in [0.25, 0.3) is 11.2 Å². The van der Waals surface area contributed by atoms with Crippen molar-refractivity contribution in [1.29, 1.82) is 0 Å². The van der Waals surface area contributed by atoms with Crippen molar-refractivity contribution in [2.24, 2.45) is 5.92 Å². The molecule has 2 aliphatic rings. The van der Waals surface area contributed by atoms with Crippen molar-refractivity contribution >= 4 is 40.3 Å². The van der Waals surface area contributed by atoms with Crippen molar-refractivity contribution < 1.29 is 24.9 Å². The molecule has 12 nitrogen and oxygen atoms in total. The van der Waals surface area contributed by atoms with Crippen LogP contribution in [0.2, 0.25) is 5.02 Å². The number of likely N-dealkylation sites (tertiary alicyclic amines) is 1. The van der Waals surface area contributed by atoms with Crippen molar-refractivity contribution in [3.8, 4) is 11.8 Å². The molecule has 2 saturated heterocycles. The Morgan fingerprint density at radius 3 is 2.74 bits per heavy atom. The van der Waals surface area contributed by atoms with Crippen LogP contribution >= 0.6 is 11.6 Å². The Balaban J connectivity index is 1.21. The SMILES string of the molecule is Nc1nc(C#CCC2CCN(C(=O)Nc3cccc(Cl)c3)CC2)nc2c1ncn2[C@@H]1O[C@H](CO)[C@@H](O)[C@H]1O. The third-order valence-electron chi connectivity index (χ3n) is 6.81. The molecule has 6 N–H and O–H groups in total. The molecule has 3 aromatic rings. The zero-order valence-electron chi connectivity index (χ0n) is 20.4. The molecule has 0 aliphatic carbocycles. The number of nitrogens with one attached hydrogen (secondary N) is 1. The van der Waals surface area contributed by atoms with Crippen molar-refractivity contribution in [2.75, 3.05) is 30.7 Å². The molecule has 2 amide bonds. The summed E-state index contributed by atoms with van der Waals surface area (Å²) in [4.78, 5) is 27.2. The third-order valence-corrected chi connectivity index (χ3v) is 7.04. The van der Waals surface area contributed by atoms with Gasteiger partial charge in [0.05, 0.1) is 12.9 Å². The fourth-order valence-corrected chi connectivity index (χ4v) is 4.86. The number of urea groups is 1. The molecular formula is C25H28ClN7O5. The predicted molar refractivity (Wildman–Crippen MR) is 139 cm³/mol. The number of nitrogen functional groups attached to an aromatic ring is 1. The number of nitrogens with zero attached hydrogens (tertiary/aromatic N) is 5. The van der Waals surface area contributed by atoms with E-state index in [0.29, 0.717) is 47.3 Å². The summed E-state index contributed by atoms with van der Waals surface area (Å²) in [6, 6.07) is 6.89. The van der Waals surface area contributed by atoms with Gasteiger partial charge < -0.3 is 36.0 Å². The van der Waals surface area contributed by atoms with E-state index in [1.165, 1.54) is 10.9 Å². The maximum atomic E-state index is 12.6. The maximum Gasteiger partial charge on any atom is 0.321 e. The van der Waals surface area contributed by atoms with Crippen LogP contribution in [0.3, 0.4) is 0 Å². The van der Waals surface area contributed by atoms with E-state index in [1.54, 1.807) is 29.2 Å². The maximum absolute atomic E-state index is 12.6. The number of benzene rings is 1. The fourth-order valence-electron chi connectivity index (χ4n) is 4.67. The lowest BCUT2D eigenvalue weighted by molar-refractivity contribution is -0.0511. The first kappa shape index (κ1) is 26.1. The second-order valence-corrected chi connectivity index (χ2v) is 9.80. The number of nitrogens with two attached hydrogens (primary N) is 1. The van der Waals surface area contributed by atoms with E-state index >= 15 is 0 Å². The number of piperidine rings is 1. The van der Waals surface area contributed by atoms with Crippen LogP contribution in [0.4, 0.5) is 16.3 Å². The molecule has 0 radical (unpaired) electrons. The minimum absolute atomic E-state index is 0.129. The van der Waals surface area contributed by atoms with Crippen LogP contribution in [0.1, 0.15) is 31.3 Å². The molecule has 2 fully saturated rings. The van der Waals surface area contributed by atoms with E-state index in [0.717, 1.165) is 12.8 Å². The Kier molecular flexibility index (Phi) is 7.64. The number of carbonyl (C=O) groups is 1. The smallest absolute Gasteiger partial charge is 0.321 e. The normalized spacial score (nSPS) is 23.8. The highest BCUT2D eigenvalue weighted by atomic mass is 35.5. The monoisotopic (exact) mass is 541 g/mol. The van der Waals surface area contributed by atoms with E-state index in [2.05, 4.69) is 32.1 Å². The number of carbonyl (C=O) groups excluding carboxylic acids is 1. The number of aromatic nitrogens is 4. The number of amides is 2. The number of halogens is 1. The average Bonchev–Trinajstić information content (AvgIpc) is 3.45. The number of aliphatic hydroxyl groups excluding tert-OH is 3. The Bertz CT molecular complexity index is 1380. The van der Waals surface area contributed by atoms with E-state index in [4.69, 9.17) is 22.1 Å². The Morgan fingerprint density at radius 1 is 1.24 bits per heavy atom. The Morgan fingerprint density at radius 2 is 2.03 bits per heavy atom. The first-order valence-electron chi connectivity index (χ1n) is 12.3. The summed E-state index contributed by atoms with van der Waals surface area (Å²) in [5.74, 6) is 6.72. The van der Waals surface area contributed by atoms with Crippen molar-refractivity contribution in [1.82, 2.24) is 24.4 Å². The number of hydrogen-bond acceptors (Lipinski definition) is 9. The molecule has 4 heterocycles. The Hall–Kier alpha value is -3.47. The summed E-state index contributed by atoms with van der Waals surface area (Å²) < 4.78 is 7.04. The van der Waals surface area contributed by atoms with E-state index in [-0.39, 0.29) is 17.7 Å². The van der Waals surface area contributed by atoms with Gasteiger partial charge in [-0.2, -0.15) is 0 Å². The number of imidazole rings is 1. The second-order valence-electron chi connectivity index (χ2n) is 9.36. The molecule has 2 aromatic heterocycles. The van der Waals surface area contributed by atoms with Crippen LogP contribution in [0.15, 0.2) is 30.6 Å². The van der Waals surface area contributed by atoms with Crippen molar-refractivity contribution in [3.05, 3.63) is 41.4 Å². The summed E-state index contributed by atoms with van der Waals surface area (Å²) in [5.41, 5.74) is 7.34. The second kappa shape index (κ2) is 11.1. The summed E-state index contributed by atoms with van der Waals surface area (Å²) >= 11 is 5.99. The van der Waals surface area contributed by atoms with Gasteiger partial charge in [-0.25, -0.2) is 19.7 Å². The third kappa shape index (κ3) is 5.38. The first-order chi connectivity index (χ1) is 18.3. The van der Waals surface area contributed by atoms with Gasteiger partial charge in [-0.3, -0.25) is 4.57 Å². The predicted octanol–water partition coefficient (Wildman–Crippen LogP) is 1.36. The molecule has 0 bridgehead atoms. The molecule has 200 valence electrons. The van der Waals surface area contributed by atoms with Crippen molar-refractivity contribution in [3.63, 3.8) is 0 Å². The minimum Gasteiger partial charge on any atom is -0.394 e. The summed E-state index contributed by atoms with van der Waals surface area (Å²) in [6.45, 7) is 0.802. The van der Waals surface area contributed by atoms with Gasteiger partial charge in [0.2, 0.25) is 5.82 Å². The van der Waals surface area contributed by atoms with Gasteiger partial charge in [0, 0.05) is 30.2 Å². The molecule has 0 unspecified atom stereocenters. The largest absolute Gasteiger partial charge is 0.394 e. The molecular weight excluding hydrogens is 514 g/mol. The van der Waals surface area contributed by atoms with Crippen LogP contribution in [-0.4, -0.2) is 83.8 Å². The number of aliphatic hydroxyl groups is 3. The Labute approximate surface area is 223 Å². The van der Waals surface area contributed by atoms with Gasteiger partial charge in [-0.05, 0) is 42.9 Å². The number of ether oxygens (including phenoxy) is 1. The fraction of sp³-hybridized carbons (Fsp3) is 0.440. The van der Waals surface area contributed by atoms with Crippen LogP contribution in [0, 0.1) is 17.8 Å². The molecule has 1 aromatic carbocycles. The van der Waals surface area contributed by atoms with Gasteiger partial charge in [0.15, 0.2) is 17.7 Å². The van der Waals surface area contributed by atoms with Crippen LogP contribution < -0.4 is 11.1 Å². The first-order valence-corrected chi connectivity index (χ1v) is 12.6. The lowest BCUT2D eigenvalue weighted by Crippen LogP contribution is -2.41. The number of rotatable bonds is 4. The van der Waals surface area contributed by atoms with E-state index < -0.39 is 31.1 Å².